The third kappa shape index (κ3) is 3.01. The van der Waals surface area contributed by atoms with Crippen molar-refractivity contribution in [3.63, 3.8) is 0 Å². The number of aryl methyl sites for hydroxylation is 1. The van der Waals surface area contributed by atoms with E-state index in [2.05, 4.69) is 15.0 Å². The van der Waals surface area contributed by atoms with Gasteiger partial charge in [-0.05, 0) is 31.0 Å². The van der Waals surface area contributed by atoms with Crippen molar-refractivity contribution in [3.8, 4) is 10.6 Å². The van der Waals surface area contributed by atoms with Crippen molar-refractivity contribution >= 4 is 22.9 Å². The van der Waals surface area contributed by atoms with Gasteiger partial charge >= 0.3 is 0 Å². The molecule has 18 heavy (non-hydrogen) atoms. The summed E-state index contributed by atoms with van der Waals surface area (Å²) in [7, 11) is 0. The third-order valence-electron chi connectivity index (χ3n) is 2.50. The fourth-order valence-corrected chi connectivity index (χ4v) is 2.67. The fourth-order valence-electron chi connectivity index (χ4n) is 1.58. The predicted octanol–water partition coefficient (Wildman–Crippen LogP) is 4.62. The number of thiazole rings is 1. The number of hydrogen-bond acceptors (Lipinski definition) is 3. The van der Waals surface area contributed by atoms with Crippen molar-refractivity contribution in [3.05, 3.63) is 50.3 Å². The highest BCUT2D eigenvalue weighted by molar-refractivity contribution is 7.15. The first-order valence-electron chi connectivity index (χ1n) is 5.44. The van der Waals surface area contributed by atoms with Gasteiger partial charge in [-0.3, -0.25) is 0 Å². The molecule has 92 valence electrons. The maximum Gasteiger partial charge on any atom is 0.123 e. The van der Waals surface area contributed by atoms with E-state index in [0.29, 0.717) is 13.0 Å². The molecular formula is C12H11ClN4S. The van der Waals surface area contributed by atoms with Crippen LogP contribution in [-0.2, 0) is 6.42 Å². The van der Waals surface area contributed by atoms with Gasteiger partial charge in [0.2, 0.25) is 0 Å². The van der Waals surface area contributed by atoms with E-state index in [1.165, 1.54) is 0 Å². The number of azide groups is 1. The van der Waals surface area contributed by atoms with Crippen LogP contribution < -0.4 is 0 Å². The lowest BCUT2D eigenvalue weighted by Gasteiger charge is -1.95. The first-order chi connectivity index (χ1) is 8.70. The van der Waals surface area contributed by atoms with Gasteiger partial charge in [0, 0.05) is 26.9 Å². The van der Waals surface area contributed by atoms with Crippen LogP contribution in [0.15, 0.2) is 29.4 Å². The summed E-state index contributed by atoms with van der Waals surface area (Å²) < 4.78 is 0. The number of rotatable bonds is 4. The van der Waals surface area contributed by atoms with Gasteiger partial charge in [-0.2, -0.15) is 0 Å². The zero-order valence-corrected chi connectivity index (χ0v) is 11.4. The van der Waals surface area contributed by atoms with E-state index in [1.54, 1.807) is 11.3 Å². The number of aromatic nitrogens is 1. The Labute approximate surface area is 114 Å². The summed E-state index contributed by atoms with van der Waals surface area (Å²) in [6.07, 6.45) is 0.681. The van der Waals surface area contributed by atoms with Gasteiger partial charge in [-0.25, -0.2) is 4.98 Å². The minimum Gasteiger partial charge on any atom is -0.241 e. The monoisotopic (exact) mass is 278 g/mol. The molecule has 4 nitrogen and oxygen atoms in total. The van der Waals surface area contributed by atoms with Gasteiger partial charge in [0.25, 0.3) is 0 Å². The Morgan fingerprint density at radius 1 is 1.39 bits per heavy atom. The Bertz CT molecular complexity index is 585. The van der Waals surface area contributed by atoms with Crippen molar-refractivity contribution in [2.45, 2.75) is 13.3 Å². The zero-order valence-electron chi connectivity index (χ0n) is 9.80. The molecule has 2 aromatic rings. The van der Waals surface area contributed by atoms with Crippen LogP contribution in [0.3, 0.4) is 0 Å². The molecule has 0 bridgehead atoms. The number of benzene rings is 1. The van der Waals surface area contributed by atoms with Gasteiger partial charge in [0.15, 0.2) is 0 Å². The summed E-state index contributed by atoms with van der Waals surface area (Å²) in [6.45, 7) is 2.48. The molecule has 0 aliphatic rings. The van der Waals surface area contributed by atoms with E-state index >= 15 is 0 Å². The van der Waals surface area contributed by atoms with E-state index < -0.39 is 0 Å². The molecule has 1 heterocycles. The lowest BCUT2D eigenvalue weighted by Crippen LogP contribution is -1.91. The maximum absolute atomic E-state index is 8.25. The van der Waals surface area contributed by atoms with Crippen molar-refractivity contribution in [2.24, 2.45) is 5.11 Å². The topological polar surface area (TPSA) is 61.7 Å². The molecule has 0 aliphatic carbocycles. The highest BCUT2D eigenvalue weighted by Crippen LogP contribution is 2.28. The highest BCUT2D eigenvalue weighted by Gasteiger charge is 2.08. The van der Waals surface area contributed by atoms with E-state index in [4.69, 9.17) is 17.1 Å². The van der Waals surface area contributed by atoms with Crippen LogP contribution in [-0.4, -0.2) is 11.5 Å². The second-order valence-electron chi connectivity index (χ2n) is 3.73. The molecule has 1 aromatic heterocycles. The predicted molar refractivity (Wildman–Crippen MR) is 75.0 cm³/mol. The van der Waals surface area contributed by atoms with E-state index in [-0.39, 0.29) is 0 Å². The molecule has 0 spiro atoms. The molecule has 2 rings (SSSR count). The minimum absolute atomic E-state index is 0.446. The van der Waals surface area contributed by atoms with E-state index in [0.717, 1.165) is 26.2 Å². The van der Waals surface area contributed by atoms with Crippen LogP contribution in [0.4, 0.5) is 0 Å². The lowest BCUT2D eigenvalue weighted by molar-refractivity contribution is 0.918. The quantitative estimate of drug-likeness (QED) is 0.457. The average molecular weight is 279 g/mol. The Hall–Kier alpha value is -1.55. The van der Waals surface area contributed by atoms with Gasteiger partial charge in [0.05, 0.1) is 5.69 Å². The summed E-state index contributed by atoms with van der Waals surface area (Å²) in [5, 5.41) is 5.22. The average Bonchev–Trinajstić information content (AvgIpc) is 2.72. The van der Waals surface area contributed by atoms with Gasteiger partial charge in [0.1, 0.15) is 5.01 Å². The molecule has 1 aromatic carbocycles. The summed E-state index contributed by atoms with van der Waals surface area (Å²) >= 11 is 7.50. The van der Waals surface area contributed by atoms with Gasteiger partial charge < -0.3 is 0 Å². The van der Waals surface area contributed by atoms with Crippen molar-refractivity contribution in [1.82, 2.24) is 4.98 Å². The molecular weight excluding hydrogens is 268 g/mol. The third-order valence-corrected chi connectivity index (χ3v) is 3.81. The molecule has 0 saturated carbocycles. The second-order valence-corrected chi connectivity index (χ2v) is 5.37. The molecule has 0 atom stereocenters. The van der Waals surface area contributed by atoms with Crippen molar-refractivity contribution in [1.29, 1.82) is 0 Å². The fraction of sp³-hybridized carbons (Fsp3) is 0.250. The molecule has 0 amide bonds. The standard InChI is InChI=1S/C12H11ClN4S/c1-8-11(6-7-15-17-14)16-12(18-8)9-2-4-10(13)5-3-9/h2-5H,6-7H2,1H3. The molecule has 0 aliphatic heterocycles. The lowest BCUT2D eigenvalue weighted by atomic mass is 10.2. The first-order valence-corrected chi connectivity index (χ1v) is 6.63. The SMILES string of the molecule is Cc1sc(-c2ccc(Cl)cc2)nc1CCN=[N+]=[N-]. The van der Waals surface area contributed by atoms with E-state index in [9.17, 15) is 0 Å². The minimum atomic E-state index is 0.446. The Kier molecular flexibility index (Phi) is 4.20. The Morgan fingerprint density at radius 3 is 2.78 bits per heavy atom. The summed E-state index contributed by atoms with van der Waals surface area (Å²) in [5.41, 5.74) is 10.3. The Balaban J connectivity index is 2.22. The highest BCUT2D eigenvalue weighted by atomic mass is 35.5. The summed E-state index contributed by atoms with van der Waals surface area (Å²) in [5.74, 6) is 0. The molecule has 0 unspecified atom stereocenters. The molecule has 6 heteroatoms. The maximum atomic E-state index is 8.25. The second kappa shape index (κ2) is 5.87. The van der Waals surface area contributed by atoms with Crippen LogP contribution in [0, 0.1) is 6.92 Å². The number of halogens is 1. The largest absolute Gasteiger partial charge is 0.241 e. The number of nitrogens with zero attached hydrogens (tertiary/aromatic N) is 4. The van der Waals surface area contributed by atoms with Crippen LogP contribution in [0.5, 0.6) is 0 Å². The molecule has 0 radical (unpaired) electrons. The van der Waals surface area contributed by atoms with Crippen molar-refractivity contribution in [2.75, 3.05) is 6.54 Å². The van der Waals surface area contributed by atoms with Crippen LogP contribution in [0.1, 0.15) is 10.6 Å². The van der Waals surface area contributed by atoms with Crippen LogP contribution >= 0.6 is 22.9 Å². The number of hydrogen-bond donors (Lipinski definition) is 0. The normalized spacial score (nSPS) is 10.1. The molecule has 0 fully saturated rings. The summed E-state index contributed by atoms with van der Waals surface area (Å²) in [6, 6.07) is 7.62. The molecule has 0 saturated heterocycles. The van der Waals surface area contributed by atoms with Gasteiger partial charge in [-0.1, -0.05) is 28.8 Å². The van der Waals surface area contributed by atoms with Gasteiger partial charge in [-0.15, -0.1) is 11.3 Å². The first kappa shape index (κ1) is 12.9. The summed E-state index contributed by atoms with van der Waals surface area (Å²) in [4.78, 5) is 8.47. The van der Waals surface area contributed by atoms with Crippen molar-refractivity contribution < 1.29 is 0 Å². The van der Waals surface area contributed by atoms with E-state index in [1.807, 2.05) is 31.2 Å². The zero-order chi connectivity index (χ0) is 13.0. The molecule has 0 N–H and O–H groups in total. The van der Waals surface area contributed by atoms with Crippen LogP contribution in [0.2, 0.25) is 5.02 Å². The Morgan fingerprint density at radius 2 is 2.11 bits per heavy atom. The van der Waals surface area contributed by atoms with Crippen LogP contribution in [0.25, 0.3) is 21.0 Å². The smallest absolute Gasteiger partial charge is 0.123 e.